The molecule has 1 atom stereocenters. The van der Waals surface area contributed by atoms with Crippen LogP contribution in [0.5, 0.6) is 0 Å². The predicted octanol–water partition coefficient (Wildman–Crippen LogP) is 0.441. The molecule has 0 aromatic carbocycles. The molecule has 0 aliphatic carbocycles. The molecule has 0 aromatic rings. The number of rotatable bonds is 3. The molecule has 0 amide bonds. The van der Waals surface area contributed by atoms with E-state index in [9.17, 15) is 5.11 Å². The van der Waals surface area contributed by atoms with Gasteiger partial charge in [-0.05, 0) is 26.8 Å². The van der Waals surface area contributed by atoms with E-state index in [-0.39, 0.29) is 12.1 Å². The fourth-order valence-corrected chi connectivity index (χ4v) is 1.94. The zero-order valence-electron chi connectivity index (χ0n) is 9.01. The highest BCUT2D eigenvalue weighted by Gasteiger charge is 2.31. The molecule has 0 saturated carbocycles. The summed E-state index contributed by atoms with van der Waals surface area (Å²) >= 11 is 0. The highest BCUT2D eigenvalue weighted by molar-refractivity contribution is 4.91. The number of hydrogen-bond donors (Lipinski definition) is 2. The van der Waals surface area contributed by atoms with Gasteiger partial charge in [-0.3, -0.25) is 4.90 Å². The first kappa shape index (κ1) is 11.0. The molecule has 1 rings (SSSR count). The Kier molecular flexibility index (Phi) is 3.71. The van der Waals surface area contributed by atoms with Crippen LogP contribution < -0.4 is 5.32 Å². The smallest absolute Gasteiger partial charge is 0.0599 e. The molecule has 13 heavy (non-hydrogen) atoms. The van der Waals surface area contributed by atoms with Gasteiger partial charge in [0.05, 0.1) is 6.61 Å². The Bertz CT molecular complexity index is 159. The van der Waals surface area contributed by atoms with Crippen molar-refractivity contribution in [1.29, 1.82) is 0 Å². The summed E-state index contributed by atoms with van der Waals surface area (Å²) in [6.45, 7) is 9.91. The highest BCUT2D eigenvalue weighted by atomic mass is 16.3. The lowest BCUT2D eigenvalue weighted by molar-refractivity contribution is 0.0573. The number of aliphatic hydroxyl groups is 1. The summed E-state index contributed by atoms with van der Waals surface area (Å²) in [6, 6.07) is 0.313. The predicted molar refractivity (Wildman–Crippen MR) is 54.8 cm³/mol. The van der Waals surface area contributed by atoms with Crippen LogP contribution in [0, 0.1) is 0 Å². The minimum absolute atomic E-state index is 0.195. The van der Waals surface area contributed by atoms with E-state index in [1.54, 1.807) is 0 Å². The summed E-state index contributed by atoms with van der Waals surface area (Å²) in [7, 11) is 0. The van der Waals surface area contributed by atoms with Crippen LogP contribution in [0.3, 0.4) is 0 Å². The van der Waals surface area contributed by atoms with Crippen LogP contribution in [0.1, 0.15) is 27.2 Å². The van der Waals surface area contributed by atoms with Gasteiger partial charge in [0.25, 0.3) is 0 Å². The van der Waals surface area contributed by atoms with Gasteiger partial charge in [0, 0.05) is 24.7 Å². The molecule has 0 bridgehead atoms. The molecule has 3 nitrogen and oxygen atoms in total. The van der Waals surface area contributed by atoms with E-state index in [0.717, 1.165) is 26.1 Å². The first-order valence-corrected chi connectivity index (χ1v) is 5.19. The largest absolute Gasteiger partial charge is 0.395 e. The van der Waals surface area contributed by atoms with Gasteiger partial charge in [0.1, 0.15) is 0 Å². The van der Waals surface area contributed by atoms with E-state index in [1.165, 1.54) is 0 Å². The topological polar surface area (TPSA) is 35.5 Å². The second-order valence-electron chi connectivity index (χ2n) is 4.57. The Morgan fingerprint density at radius 3 is 2.77 bits per heavy atom. The van der Waals surface area contributed by atoms with Crippen LogP contribution in [0.15, 0.2) is 0 Å². The summed E-state index contributed by atoms with van der Waals surface area (Å²) in [5.74, 6) is 0. The van der Waals surface area contributed by atoms with Crippen LogP contribution in [0.25, 0.3) is 0 Å². The first-order valence-electron chi connectivity index (χ1n) is 5.19. The molecule has 3 heteroatoms. The summed E-state index contributed by atoms with van der Waals surface area (Å²) in [6.07, 6.45) is 1.16. The number of nitrogens with one attached hydrogen (secondary N) is 1. The second kappa shape index (κ2) is 4.40. The zero-order valence-corrected chi connectivity index (χ0v) is 9.01. The van der Waals surface area contributed by atoms with Gasteiger partial charge in [0.15, 0.2) is 0 Å². The molecule has 0 radical (unpaired) electrons. The molecule has 0 aromatic heterocycles. The standard InChI is InChI=1S/C10H22N2O/c1-4-5-12-8-10(2,3)11-6-9(12)7-13/h9,11,13H,4-8H2,1-3H3. The summed E-state index contributed by atoms with van der Waals surface area (Å²) < 4.78 is 0. The third kappa shape index (κ3) is 2.93. The number of hydrogen-bond acceptors (Lipinski definition) is 3. The molecule has 78 valence electrons. The minimum Gasteiger partial charge on any atom is -0.395 e. The Morgan fingerprint density at radius 2 is 2.23 bits per heavy atom. The molecule has 1 fully saturated rings. The van der Waals surface area contributed by atoms with Crippen molar-refractivity contribution < 1.29 is 5.11 Å². The Hall–Kier alpha value is -0.120. The van der Waals surface area contributed by atoms with E-state index in [2.05, 4.69) is 31.0 Å². The lowest BCUT2D eigenvalue weighted by atomic mass is 9.99. The maximum atomic E-state index is 9.18. The minimum atomic E-state index is 0.195. The SMILES string of the molecule is CCCN1CC(C)(C)NCC1CO. The zero-order chi connectivity index (χ0) is 9.90. The van der Waals surface area contributed by atoms with Gasteiger partial charge in [0.2, 0.25) is 0 Å². The van der Waals surface area contributed by atoms with Crippen LogP contribution in [-0.2, 0) is 0 Å². The van der Waals surface area contributed by atoms with E-state index in [0.29, 0.717) is 6.04 Å². The quantitative estimate of drug-likeness (QED) is 0.671. The van der Waals surface area contributed by atoms with Crippen molar-refractivity contribution in [3.8, 4) is 0 Å². The van der Waals surface area contributed by atoms with Gasteiger partial charge < -0.3 is 10.4 Å². The van der Waals surface area contributed by atoms with E-state index >= 15 is 0 Å². The molecule has 1 unspecified atom stereocenters. The van der Waals surface area contributed by atoms with Crippen molar-refractivity contribution in [1.82, 2.24) is 10.2 Å². The average molecular weight is 186 g/mol. The average Bonchev–Trinajstić information content (AvgIpc) is 2.04. The molecule has 1 aliphatic heterocycles. The Labute approximate surface area is 81.1 Å². The van der Waals surface area contributed by atoms with E-state index < -0.39 is 0 Å². The fraction of sp³-hybridized carbons (Fsp3) is 1.00. The van der Waals surface area contributed by atoms with Gasteiger partial charge >= 0.3 is 0 Å². The highest BCUT2D eigenvalue weighted by Crippen LogP contribution is 2.14. The lowest BCUT2D eigenvalue weighted by Gasteiger charge is -2.44. The Morgan fingerprint density at radius 1 is 1.54 bits per heavy atom. The van der Waals surface area contributed by atoms with Crippen molar-refractivity contribution in [2.75, 3.05) is 26.2 Å². The normalized spacial score (nSPS) is 29.1. The number of piperazine rings is 1. The third-order valence-electron chi connectivity index (χ3n) is 2.65. The van der Waals surface area contributed by atoms with Crippen LogP contribution in [0.4, 0.5) is 0 Å². The Balaban J connectivity index is 2.52. The molecule has 2 N–H and O–H groups in total. The molecule has 0 spiro atoms. The summed E-state index contributed by atoms with van der Waals surface area (Å²) in [5, 5.41) is 12.6. The lowest BCUT2D eigenvalue weighted by Crippen LogP contribution is -2.62. The maximum Gasteiger partial charge on any atom is 0.0599 e. The number of nitrogens with zero attached hydrogens (tertiary/aromatic N) is 1. The van der Waals surface area contributed by atoms with Crippen molar-refractivity contribution >= 4 is 0 Å². The molecular weight excluding hydrogens is 164 g/mol. The van der Waals surface area contributed by atoms with Gasteiger partial charge in [-0.15, -0.1) is 0 Å². The van der Waals surface area contributed by atoms with Gasteiger partial charge in [-0.2, -0.15) is 0 Å². The monoisotopic (exact) mass is 186 g/mol. The molecule has 1 aliphatic rings. The summed E-state index contributed by atoms with van der Waals surface area (Å²) in [5.41, 5.74) is 0.195. The molecule has 1 heterocycles. The van der Waals surface area contributed by atoms with Crippen molar-refractivity contribution in [2.45, 2.75) is 38.8 Å². The van der Waals surface area contributed by atoms with Crippen LogP contribution >= 0.6 is 0 Å². The van der Waals surface area contributed by atoms with Crippen LogP contribution in [0.2, 0.25) is 0 Å². The van der Waals surface area contributed by atoms with Crippen molar-refractivity contribution in [3.05, 3.63) is 0 Å². The second-order valence-corrected chi connectivity index (χ2v) is 4.57. The van der Waals surface area contributed by atoms with Crippen LogP contribution in [-0.4, -0.2) is 47.8 Å². The van der Waals surface area contributed by atoms with E-state index in [4.69, 9.17) is 0 Å². The third-order valence-corrected chi connectivity index (χ3v) is 2.65. The molecular formula is C10H22N2O. The van der Waals surface area contributed by atoms with Crippen molar-refractivity contribution in [3.63, 3.8) is 0 Å². The van der Waals surface area contributed by atoms with Crippen molar-refractivity contribution in [2.24, 2.45) is 0 Å². The first-order chi connectivity index (χ1) is 6.09. The van der Waals surface area contributed by atoms with Gasteiger partial charge in [-0.25, -0.2) is 0 Å². The van der Waals surface area contributed by atoms with E-state index in [1.807, 2.05) is 0 Å². The number of aliphatic hydroxyl groups excluding tert-OH is 1. The van der Waals surface area contributed by atoms with Gasteiger partial charge in [-0.1, -0.05) is 6.92 Å². The summed E-state index contributed by atoms with van der Waals surface area (Å²) in [4.78, 5) is 2.39. The molecule has 1 saturated heterocycles. The maximum absolute atomic E-state index is 9.18. The fourth-order valence-electron chi connectivity index (χ4n) is 1.94.